The van der Waals surface area contributed by atoms with Crippen molar-refractivity contribution < 1.29 is 9.50 Å². The second-order valence-electron chi connectivity index (χ2n) is 3.07. The predicted octanol–water partition coefficient (Wildman–Crippen LogP) is 0.953. The molecule has 0 radical (unpaired) electrons. The van der Waals surface area contributed by atoms with E-state index < -0.39 is 12.3 Å². The van der Waals surface area contributed by atoms with Gasteiger partial charge in [-0.1, -0.05) is 13.5 Å². The summed E-state index contributed by atoms with van der Waals surface area (Å²) in [5.41, 5.74) is 0. The molecule has 74 valence electrons. The van der Waals surface area contributed by atoms with Gasteiger partial charge in [0.25, 0.3) is 0 Å². The van der Waals surface area contributed by atoms with Gasteiger partial charge in [-0.15, -0.1) is 0 Å². The molecule has 4 heteroatoms. The minimum absolute atomic E-state index is 0.238. The number of alkyl halides is 1. The minimum Gasteiger partial charge on any atom is -0.388 e. The summed E-state index contributed by atoms with van der Waals surface area (Å²) in [7, 11) is 0. The molecule has 1 rings (SSSR count). The smallest absolute Gasteiger partial charge is 0.145 e. The summed E-state index contributed by atoms with van der Waals surface area (Å²) in [5.74, 6) is 0.786. The fourth-order valence-electron chi connectivity index (χ4n) is 1.46. The zero-order valence-corrected chi connectivity index (χ0v) is 7.78. The number of hydrogen-bond acceptors (Lipinski definition) is 2. The third-order valence-corrected chi connectivity index (χ3v) is 2.14. The Balaban J connectivity index is 2.62. The van der Waals surface area contributed by atoms with Gasteiger partial charge >= 0.3 is 0 Å². The number of aliphatic hydroxyl groups is 1. The molecule has 0 spiro atoms. The van der Waals surface area contributed by atoms with Crippen molar-refractivity contribution in [3.8, 4) is 0 Å². The van der Waals surface area contributed by atoms with Crippen molar-refractivity contribution in [3.63, 3.8) is 0 Å². The van der Waals surface area contributed by atoms with Gasteiger partial charge in [0, 0.05) is 19.2 Å². The van der Waals surface area contributed by atoms with Crippen LogP contribution in [0.3, 0.4) is 0 Å². The number of nitrogens with zero attached hydrogens (tertiary/aromatic N) is 2. The average Bonchev–Trinajstić information content (AvgIpc) is 2.43. The quantitative estimate of drug-likeness (QED) is 0.515. The Kier molecular flexibility index (Phi) is 3.42. The minimum atomic E-state index is -1.15. The van der Waals surface area contributed by atoms with Gasteiger partial charge in [0.1, 0.15) is 18.1 Å². The van der Waals surface area contributed by atoms with Crippen LogP contribution in [0.25, 0.3) is 0 Å². The van der Waals surface area contributed by atoms with Gasteiger partial charge in [0.15, 0.2) is 0 Å². The van der Waals surface area contributed by atoms with Crippen LogP contribution in [0, 0.1) is 0 Å². The topological polar surface area (TPSA) is 35.8 Å². The van der Waals surface area contributed by atoms with Crippen LogP contribution in [0.1, 0.15) is 13.3 Å². The highest BCUT2D eigenvalue weighted by Crippen LogP contribution is 2.14. The predicted molar refractivity (Wildman–Crippen MR) is 50.4 cm³/mol. The Bertz CT molecular complexity index is 208. The summed E-state index contributed by atoms with van der Waals surface area (Å²) in [6.45, 7) is 6.00. The molecule has 0 aliphatic carbocycles. The molecule has 0 aromatic rings. The van der Waals surface area contributed by atoms with Crippen molar-refractivity contribution in [2.75, 3.05) is 13.1 Å². The number of aliphatic imine (C=N–C) groups is 1. The van der Waals surface area contributed by atoms with E-state index in [1.165, 1.54) is 6.20 Å². The summed E-state index contributed by atoms with van der Waals surface area (Å²) in [4.78, 5) is 5.78. The van der Waals surface area contributed by atoms with Gasteiger partial charge in [-0.25, -0.2) is 9.38 Å². The number of β-amino-alcohol motifs (C(OH)–C–C–N with tert-alkyl or cyclic N) is 1. The summed E-state index contributed by atoms with van der Waals surface area (Å²) < 4.78 is 12.9. The van der Waals surface area contributed by atoms with Crippen LogP contribution < -0.4 is 0 Å². The SMILES string of the molecule is C=C/N=C(\CC)N1CC(O)C(F)C1. The largest absolute Gasteiger partial charge is 0.388 e. The van der Waals surface area contributed by atoms with Crippen LogP contribution in [0.5, 0.6) is 0 Å². The fraction of sp³-hybridized carbons (Fsp3) is 0.667. The Morgan fingerprint density at radius 3 is 2.85 bits per heavy atom. The number of aliphatic hydroxyl groups excluding tert-OH is 1. The van der Waals surface area contributed by atoms with Crippen LogP contribution in [0.15, 0.2) is 17.8 Å². The normalized spacial score (nSPS) is 29.5. The molecule has 0 aromatic heterocycles. The van der Waals surface area contributed by atoms with Crippen molar-refractivity contribution in [1.82, 2.24) is 4.90 Å². The van der Waals surface area contributed by atoms with Crippen molar-refractivity contribution in [2.24, 2.45) is 4.99 Å². The van der Waals surface area contributed by atoms with Crippen molar-refractivity contribution in [2.45, 2.75) is 25.6 Å². The number of hydrogen-bond donors (Lipinski definition) is 1. The van der Waals surface area contributed by atoms with Crippen LogP contribution in [0.4, 0.5) is 4.39 Å². The maximum atomic E-state index is 12.9. The van der Waals surface area contributed by atoms with Gasteiger partial charge in [-0.2, -0.15) is 0 Å². The molecule has 1 aliphatic heterocycles. The number of rotatable bonds is 2. The first-order valence-corrected chi connectivity index (χ1v) is 4.43. The standard InChI is InChI=1S/C9H15FN2O/c1-3-9(11-4-2)12-5-7(10)8(13)6-12/h4,7-8,13H,2-3,5-6H2,1H3/b11-9+. The maximum Gasteiger partial charge on any atom is 0.145 e. The Hall–Kier alpha value is -0.900. The van der Waals surface area contributed by atoms with Crippen LogP contribution >= 0.6 is 0 Å². The lowest BCUT2D eigenvalue weighted by atomic mass is 10.3. The first-order valence-electron chi connectivity index (χ1n) is 4.43. The van der Waals surface area contributed by atoms with Crippen molar-refractivity contribution in [1.29, 1.82) is 0 Å². The molecule has 1 aliphatic rings. The van der Waals surface area contributed by atoms with Gasteiger partial charge in [-0.3, -0.25) is 0 Å². The number of halogens is 1. The zero-order valence-electron chi connectivity index (χ0n) is 7.78. The first-order chi connectivity index (χ1) is 6.19. The van der Waals surface area contributed by atoms with Gasteiger partial charge < -0.3 is 10.0 Å². The van der Waals surface area contributed by atoms with Gasteiger partial charge in [0.2, 0.25) is 0 Å². The number of likely N-dealkylation sites (tertiary alicyclic amines) is 1. The highest BCUT2D eigenvalue weighted by molar-refractivity contribution is 5.82. The molecule has 3 nitrogen and oxygen atoms in total. The molecule has 1 fully saturated rings. The molecular weight excluding hydrogens is 171 g/mol. The average molecular weight is 186 g/mol. The molecule has 2 atom stereocenters. The maximum absolute atomic E-state index is 12.9. The monoisotopic (exact) mass is 186 g/mol. The summed E-state index contributed by atoms with van der Waals surface area (Å²) in [6.07, 6.45) is 0.144. The summed E-state index contributed by atoms with van der Waals surface area (Å²) >= 11 is 0. The van der Waals surface area contributed by atoms with E-state index in [2.05, 4.69) is 11.6 Å². The fourth-order valence-corrected chi connectivity index (χ4v) is 1.46. The van der Waals surface area contributed by atoms with E-state index in [4.69, 9.17) is 0 Å². The van der Waals surface area contributed by atoms with E-state index in [1.54, 1.807) is 4.90 Å². The molecule has 0 amide bonds. The lowest BCUT2D eigenvalue weighted by molar-refractivity contribution is 0.117. The second kappa shape index (κ2) is 4.37. The molecule has 1 N–H and O–H groups in total. The molecule has 0 bridgehead atoms. The first kappa shape index (κ1) is 10.2. The highest BCUT2D eigenvalue weighted by atomic mass is 19.1. The number of amidine groups is 1. The molecule has 1 heterocycles. The van der Waals surface area contributed by atoms with Crippen molar-refractivity contribution >= 4 is 5.84 Å². The molecule has 1 saturated heterocycles. The Morgan fingerprint density at radius 2 is 2.46 bits per heavy atom. The van der Waals surface area contributed by atoms with Crippen LogP contribution in [0.2, 0.25) is 0 Å². The highest BCUT2D eigenvalue weighted by Gasteiger charge is 2.32. The van der Waals surface area contributed by atoms with E-state index in [0.717, 1.165) is 12.3 Å². The van der Waals surface area contributed by atoms with E-state index in [-0.39, 0.29) is 6.54 Å². The van der Waals surface area contributed by atoms with Gasteiger partial charge in [0.05, 0.1) is 6.54 Å². The molecule has 0 saturated carbocycles. The molecule has 13 heavy (non-hydrogen) atoms. The summed E-state index contributed by atoms with van der Waals surface area (Å²) in [5, 5.41) is 9.18. The van der Waals surface area contributed by atoms with Crippen LogP contribution in [-0.2, 0) is 0 Å². The lowest BCUT2D eigenvalue weighted by Gasteiger charge is -2.17. The summed E-state index contributed by atoms with van der Waals surface area (Å²) in [6, 6.07) is 0. The van der Waals surface area contributed by atoms with Crippen molar-refractivity contribution in [3.05, 3.63) is 12.8 Å². The second-order valence-corrected chi connectivity index (χ2v) is 3.07. The molecular formula is C9H15FN2O. The Morgan fingerprint density at radius 1 is 1.77 bits per heavy atom. The zero-order chi connectivity index (χ0) is 9.84. The third kappa shape index (κ3) is 2.28. The molecule has 2 unspecified atom stereocenters. The van der Waals surface area contributed by atoms with E-state index in [9.17, 15) is 9.50 Å². The van der Waals surface area contributed by atoms with Gasteiger partial charge in [-0.05, 0) is 0 Å². The van der Waals surface area contributed by atoms with E-state index >= 15 is 0 Å². The lowest BCUT2D eigenvalue weighted by Crippen LogP contribution is -2.28. The molecule has 0 aromatic carbocycles. The van der Waals surface area contributed by atoms with E-state index in [0.29, 0.717) is 6.54 Å². The van der Waals surface area contributed by atoms with E-state index in [1.807, 2.05) is 6.92 Å². The van der Waals surface area contributed by atoms with Crippen LogP contribution in [-0.4, -0.2) is 41.2 Å². The Labute approximate surface area is 77.6 Å². The third-order valence-electron chi connectivity index (χ3n) is 2.14.